The van der Waals surface area contributed by atoms with Crippen LogP contribution in [0.1, 0.15) is 11.1 Å². The molecular weight excluding hydrogens is 236 g/mol. The van der Waals surface area contributed by atoms with Crippen molar-refractivity contribution in [1.29, 1.82) is 0 Å². The zero-order valence-electron chi connectivity index (χ0n) is 11.1. The molecule has 0 amide bonds. The van der Waals surface area contributed by atoms with Crippen molar-refractivity contribution in [3.05, 3.63) is 53.6 Å². The third-order valence-electron chi connectivity index (χ3n) is 3.21. The van der Waals surface area contributed by atoms with Crippen molar-refractivity contribution >= 4 is 11.1 Å². The number of nitrogens with zero attached hydrogens (tertiary/aromatic N) is 1. The molecule has 0 aliphatic carbocycles. The molecule has 19 heavy (non-hydrogen) atoms. The zero-order valence-corrected chi connectivity index (χ0v) is 11.1. The lowest BCUT2D eigenvalue weighted by molar-refractivity contribution is 0.619. The number of oxazole rings is 1. The standard InChI is InChI=1S/C16H16N2O/c1-11-5-3-4-6-13(11)16-18-14-9-12(10-17-2)7-8-15(14)19-16/h3-9,17H,10H2,1-2H3. The van der Waals surface area contributed by atoms with E-state index in [1.165, 1.54) is 11.1 Å². The molecule has 0 unspecified atom stereocenters. The Labute approximate surface area is 112 Å². The molecule has 3 aromatic rings. The van der Waals surface area contributed by atoms with Crippen LogP contribution < -0.4 is 5.32 Å². The summed E-state index contributed by atoms with van der Waals surface area (Å²) >= 11 is 0. The van der Waals surface area contributed by atoms with Gasteiger partial charge in [0.05, 0.1) is 0 Å². The molecule has 3 nitrogen and oxygen atoms in total. The highest BCUT2D eigenvalue weighted by atomic mass is 16.3. The van der Waals surface area contributed by atoms with Gasteiger partial charge in [0, 0.05) is 12.1 Å². The largest absolute Gasteiger partial charge is 0.436 e. The maximum atomic E-state index is 5.84. The molecule has 0 saturated heterocycles. The fourth-order valence-electron chi connectivity index (χ4n) is 2.22. The molecule has 0 spiro atoms. The first-order chi connectivity index (χ1) is 9.28. The fourth-order valence-corrected chi connectivity index (χ4v) is 2.22. The molecule has 96 valence electrons. The molecule has 0 saturated carbocycles. The highest BCUT2D eigenvalue weighted by Gasteiger charge is 2.10. The molecule has 1 aromatic heterocycles. The highest BCUT2D eigenvalue weighted by Crippen LogP contribution is 2.27. The topological polar surface area (TPSA) is 38.1 Å². The summed E-state index contributed by atoms with van der Waals surface area (Å²) < 4.78 is 5.84. The number of hydrogen-bond donors (Lipinski definition) is 1. The smallest absolute Gasteiger partial charge is 0.227 e. The summed E-state index contributed by atoms with van der Waals surface area (Å²) in [6.45, 7) is 2.90. The monoisotopic (exact) mass is 252 g/mol. The van der Waals surface area contributed by atoms with E-state index in [1.807, 2.05) is 31.3 Å². The number of nitrogens with one attached hydrogen (secondary N) is 1. The van der Waals surface area contributed by atoms with Crippen LogP contribution in [0.15, 0.2) is 46.9 Å². The van der Waals surface area contributed by atoms with Gasteiger partial charge < -0.3 is 9.73 Å². The minimum atomic E-state index is 0.690. The summed E-state index contributed by atoms with van der Waals surface area (Å²) in [6, 6.07) is 14.2. The Kier molecular flexibility index (Phi) is 3.05. The zero-order chi connectivity index (χ0) is 13.2. The molecule has 0 fully saturated rings. The number of rotatable bonds is 3. The third kappa shape index (κ3) is 2.25. The van der Waals surface area contributed by atoms with Crippen LogP contribution in [0.2, 0.25) is 0 Å². The molecule has 3 rings (SSSR count). The van der Waals surface area contributed by atoms with Crippen molar-refractivity contribution < 1.29 is 4.42 Å². The van der Waals surface area contributed by atoms with Crippen molar-refractivity contribution in [1.82, 2.24) is 10.3 Å². The summed E-state index contributed by atoms with van der Waals surface area (Å²) in [5.74, 6) is 0.690. The Bertz CT molecular complexity index is 716. The van der Waals surface area contributed by atoms with Crippen LogP contribution in [0.4, 0.5) is 0 Å². The van der Waals surface area contributed by atoms with Crippen LogP contribution >= 0.6 is 0 Å². The van der Waals surface area contributed by atoms with E-state index in [-0.39, 0.29) is 0 Å². The van der Waals surface area contributed by atoms with E-state index in [4.69, 9.17) is 4.42 Å². The van der Waals surface area contributed by atoms with Gasteiger partial charge in [0.15, 0.2) is 5.58 Å². The van der Waals surface area contributed by atoms with Crippen molar-refractivity contribution in [3.8, 4) is 11.5 Å². The van der Waals surface area contributed by atoms with Gasteiger partial charge in [-0.25, -0.2) is 4.98 Å². The van der Waals surface area contributed by atoms with Gasteiger partial charge in [-0.05, 0) is 43.3 Å². The molecule has 3 heteroatoms. The van der Waals surface area contributed by atoms with Gasteiger partial charge >= 0.3 is 0 Å². The van der Waals surface area contributed by atoms with Crippen molar-refractivity contribution in [2.45, 2.75) is 13.5 Å². The lowest BCUT2D eigenvalue weighted by Gasteiger charge is -1.98. The van der Waals surface area contributed by atoms with Crippen molar-refractivity contribution in [3.63, 3.8) is 0 Å². The average Bonchev–Trinajstić information content (AvgIpc) is 2.82. The predicted octanol–water partition coefficient (Wildman–Crippen LogP) is 3.52. The Morgan fingerprint density at radius 3 is 2.79 bits per heavy atom. The molecule has 0 radical (unpaired) electrons. The van der Waals surface area contributed by atoms with Crippen LogP contribution in [0.3, 0.4) is 0 Å². The molecule has 0 bridgehead atoms. The number of hydrogen-bond acceptors (Lipinski definition) is 3. The Hall–Kier alpha value is -2.13. The van der Waals surface area contributed by atoms with Gasteiger partial charge in [0.2, 0.25) is 5.89 Å². The lowest BCUT2D eigenvalue weighted by Crippen LogP contribution is -2.04. The molecule has 0 atom stereocenters. The van der Waals surface area contributed by atoms with E-state index < -0.39 is 0 Å². The summed E-state index contributed by atoms with van der Waals surface area (Å²) in [6.07, 6.45) is 0. The van der Waals surface area contributed by atoms with Crippen molar-refractivity contribution in [2.75, 3.05) is 7.05 Å². The summed E-state index contributed by atoms with van der Waals surface area (Å²) in [5.41, 5.74) is 5.17. The average molecular weight is 252 g/mol. The Morgan fingerprint density at radius 2 is 2.00 bits per heavy atom. The van der Waals surface area contributed by atoms with E-state index >= 15 is 0 Å². The summed E-state index contributed by atoms with van der Waals surface area (Å²) in [4.78, 5) is 4.59. The number of aryl methyl sites for hydroxylation is 1. The van der Waals surface area contributed by atoms with Crippen LogP contribution in [-0.2, 0) is 6.54 Å². The van der Waals surface area contributed by atoms with Crippen LogP contribution in [0.25, 0.3) is 22.6 Å². The molecule has 0 aliphatic heterocycles. The minimum Gasteiger partial charge on any atom is -0.436 e. The number of fused-ring (bicyclic) bond motifs is 1. The van der Waals surface area contributed by atoms with Gasteiger partial charge in [-0.3, -0.25) is 0 Å². The molecule has 1 heterocycles. The van der Waals surface area contributed by atoms with E-state index in [2.05, 4.69) is 35.4 Å². The number of aromatic nitrogens is 1. The molecule has 1 N–H and O–H groups in total. The maximum absolute atomic E-state index is 5.84. The van der Waals surface area contributed by atoms with Crippen LogP contribution in [-0.4, -0.2) is 12.0 Å². The van der Waals surface area contributed by atoms with Gasteiger partial charge in [-0.1, -0.05) is 24.3 Å². The van der Waals surface area contributed by atoms with Gasteiger partial charge in [-0.2, -0.15) is 0 Å². The summed E-state index contributed by atoms with van der Waals surface area (Å²) in [7, 11) is 1.94. The first kappa shape index (κ1) is 11.9. The predicted molar refractivity (Wildman–Crippen MR) is 76.9 cm³/mol. The lowest BCUT2D eigenvalue weighted by atomic mass is 10.1. The maximum Gasteiger partial charge on any atom is 0.227 e. The van der Waals surface area contributed by atoms with Crippen molar-refractivity contribution in [2.24, 2.45) is 0 Å². The van der Waals surface area contributed by atoms with Gasteiger partial charge in [-0.15, -0.1) is 0 Å². The second kappa shape index (κ2) is 4.86. The third-order valence-corrected chi connectivity index (χ3v) is 3.21. The molecule has 0 aliphatic rings. The molecule has 2 aromatic carbocycles. The normalized spacial score (nSPS) is 11.1. The first-order valence-electron chi connectivity index (χ1n) is 6.38. The fraction of sp³-hybridized carbons (Fsp3) is 0.188. The van der Waals surface area contributed by atoms with Gasteiger partial charge in [0.1, 0.15) is 5.52 Å². The van der Waals surface area contributed by atoms with Crippen LogP contribution in [0.5, 0.6) is 0 Å². The summed E-state index contributed by atoms with van der Waals surface area (Å²) in [5, 5.41) is 3.14. The van der Waals surface area contributed by atoms with Gasteiger partial charge in [0.25, 0.3) is 0 Å². The highest BCUT2D eigenvalue weighted by molar-refractivity contribution is 5.77. The number of benzene rings is 2. The minimum absolute atomic E-state index is 0.690. The van der Waals surface area contributed by atoms with E-state index in [0.29, 0.717) is 5.89 Å². The van der Waals surface area contributed by atoms with E-state index in [9.17, 15) is 0 Å². The first-order valence-corrected chi connectivity index (χ1v) is 6.38. The van der Waals surface area contributed by atoms with Crippen LogP contribution in [0, 0.1) is 6.92 Å². The quantitative estimate of drug-likeness (QED) is 0.775. The SMILES string of the molecule is CNCc1ccc2oc(-c3ccccc3C)nc2c1. The van der Waals surface area contributed by atoms with E-state index in [0.717, 1.165) is 23.2 Å². The second-order valence-electron chi connectivity index (χ2n) is 4.67. The Morgan fingerprint density at radius 1 is 1.16 bits per heavy atom. The molecular formula is C16H16N2O. The second-order valence-corrected chi connectivity index (χ2v) is 4.67. The Balaban J connectivity index is 2.09. The van der Waals surface area contributed by atoms with E-state index in [1.54, 1.807) is 0 Å².